The van der Waals surface area contributed by atoms with Crippen molar-refractivity contribution >= 4 is 0 Å². The summed E-state index contributed by atoms with van der Waals surface area (Å²) >= 11 is 0. The van der Waals surface area contributed by atoms with Gasteiger partial charge in [-0.1, -0.05) is 5.21 Å². The van der Waals surface area contributed by atoms with E-state index in [2.05, 4.69) is 15.6 Å². The van der Waals surface area contributed by atoms with Crippen molar-refractivity contribution in [2.75, 3.05) is 13.1 Å². The summed E-state index contributed by atoms with van der Waals surface area (Å²) in [5.74, 6) is 0. The van der Waals surface area contributed by atoms with Gasteiger partial charge in [-0.15, -0.1) is 5.10 Å². The number of nitrogens with one attached hydrogen (secondary N) is 1. The summed E-state index contributed by atoms with van der Waals surface area (Å²) in [6.07, 6.45) is 1.79. The molecule has 1 aliphatic heterocycles. The smallest absolute Gasteiger partial charge is 0.0788 e. The van der Waals surface area contributed by atoms with Gasteiger partial charge in [-0.25, -0.2) is 4.68 Å². The van der Waals surface area contributed by atoms with Crippen molar-refractivity contribution in [1.82, 2.24) is 20.3 Å². The van der Waals surface area contributed by atoms with Crippen LogP contribution in [0.25, 0.3) is 0 Å². The van der Waals surface area contributed by atoms with Crippen LogP contribution in [-0.2, 0) is 0 Å². The Morgan fingerprint density at radius 2 is 2.50 bits per heavy atom. The predicted molar refractivity (Wildman–Crippen MR) is 36.7 cm³/mol. The Kier molecular flexibility index (Phi) is 1.20. The van der Waals surface area contributed by atoms with Gasteiger partial charge in [-0.2, -0.15) is 0 Å². The number of hydrogen-bond acceptors (Lipinski definition) is 3. The lowest BCUT2D eigenvalue weighted by Crippen LogP contribution is -2.44. The fourth-order valence-electron chi connectivity index (χ4n) is 1.10. The minimum atomic E-state index is 0.544. The van der Waals surface area contributed by atoms with Gasteiger partial charge in [0.2, 0.25) is 0 Å². The lowest BCUT2D eigenvalue weighted by Gasteiger charge is -2.27. The van der Waals surface area contributed by atoms with E-state index in [4.69, 9.17) is 0 Å². The third-order valence-electron chi connectivity index (χ3n) is 1.86. The van der Waals surface area contributed by atoms with E-state index >= 15 is 0 Å². The van der Waals surface area contributed by atoms with Crippen LogP contribution in [0.3, 0.4) is 0 Å². The van der Waals surface area contributed by atoms with Gasteiger partial charge in [0.1, 0.15) is 0 Å². The van der Waals surface area contributed by atoms with Gasteiger partial charge in [-0.3, -0.25) is 0 Å². The summed E-state index contributed by atoms with van der Waals surface area (Å²) < 4.78 is 1.97. The van der Waals surface area contributed by atoms with Crippen LogP contribution in [0.2, 0.25) is 0 Å². The van der Waals surface area contributed by atoms with E-state index in [1.54, 1.807) is 6.20 Å². The average Bonchev–Trinajstić information content (AvgIpc) is 2.12. The van der Waals surface area contributed by atoms with Crippen LogP contribution in [0.4, 0.5) is 0 Å². The first-order valence-electron chi connectivity index (χ1n) is 3.45. The van der Waals surface area contributed by atoms with Crippen molar-refractivity contribution in [1.29, 1.82) is 0 Å². The van der Waals surface area contributed by atoms with Crippen LogP contribution >= 0.6 is 0 Å². The Hall–Kier alpha value is -0.900. The molecule has 0 saturated carbocycles. The summed E-state index contributed by atoms with van der Waals surface area (Å²) in [4.78, 5) is 0. The summed E-state index contributed by atoms with van der Waals surface area (Å²) in [6, 6.07) is 0.544. The Morgan fingerprint density at radius 1 is 1.70 bits per heavy atom. The Morgan fingerprint density at radius 3 is 2.90 bits per heavy atom. The second-order valence-corrected chi connectivity index (χ2v) is 2.63. The molecule has 10 heavy (non-hydrogen) atoms. The third-order valence-corrected chi connectivity index (χ3v) is 1.86. The molecule has 0 radical (unpaired) electrons. The van der Waals surface area contributed by atoms with Crippen LogP contribution in [0, 0.1) is 6.92 Å². The molecule has 2 heterocycles. The van der Waals surface area contributed by atoms with Crippen molar-refractivity contribution in [2.24, 2.45) is 0 Å². The normalized spacial score (nSPS) is 18.9. The van der Waals surface area contributed by atoms with E-state index < -0.39 is 0 Å². The highest BCUT2D eigenvalue weighted by Crippen LogP contribution is 2.10. The Labute approximate surface area is 59.2 Å². The van der Waals surface area contributed by atoms with Crippen molar-refractivity contribution in [2.45, 2.75) is 13.0 Å². The molecule has 0 unspecified atom stereocenters. The Bertz CT molecular complexity index is 225. The number of nitrogens with zero attached hydrogens (tertiary/aromatic N) is 3. The van der Waals surface area contributed by atoms with Gasteiger partial charge in [0.15, 0.2) is 0 Å². The fraction of sp³-hybridized carbons (Fsp3) is 0.667. The molecule has 54 valence electrons. The first kappa shape index (κ1) is 5.85. The molecule has 0 amide bonds. The zero-order valence-electron chi connectivity index (χ0n) is 5.91. The van der Waals surface area contributed by atoms with Gasteiger partial charge < -0.3 is 5.32 Å². The molecular formula is C6H10N4. The number of aryl methyl sites for hydroxylation is 1. The second-order valence-electron chi connectivity index (χ2n) is 2.63. The molecule has 1 saturated heterocycles. The monoisotopic (exact) mass is 138 g/mol. The molecular weight excluding hydrogens is 128 g/mol. The zero-order valence-corrected chi connectivity index (χ0v) is 5.91. The van der Waals surface area contributed by atoms with Crippen LogP contribution in [0.1, 0.15) is 11.7 Å². The van der Waals surface area contributed by atoms with E-state index in [1.165, 1.54) is 0 Å². The minimum absolute atomic E-state index is 0.544. The molecule has 4 nitrogen and oxygen atoms in total. The maximum atomic E-state index is 3.96. The van der Waals surface area contributed by atoms with Crippen molar-refractivity contribution in [3.63, 3.8) is 0 Å². The lowest BCUT2D eigenvalue weighted by atomic mass is 10.2. The van der Waals surface area contributed by atoms with Gasteiger partial charge in [0.25, 0.3) is 0 Å². The number of hydrogen-bond donors (Lipinski definition) is 1. The summed E-state index contributed by atoms with van der Waals surface area (Å²) in [7, 11) is 0. The van der Waals surface area contributed by atoms with Crippen molar-refractivity contribution < 1.29 is 0 Å². The summed E-state index contributed by atoms with van der Waals surface area (Å²) in [5, 5.41) is 11.0. The fourth-order valence-corrected chi connectivity index (χ4v) is 1.10. The average molecular weight is 138 g/mol. The van der Waals surface area contributed by atoms with Crippen LogP contribution in [0.15, 0.2) is 6.20 Å². The highest BCUT2D eigenvalue weighted by Gasteiger charge is 2.20. The molecule has 1 aromatic heterocycles. The van der Waals surface area contributed by atoms with E-state index in [1.807, 2.05) is 11.6 Å². The largest absolute Gasteiger partial charge is 0.312 e. The SMILES string of the molecule is Cc1cnnn1C1CNC1. The topological polar surface area (TPSA) is 42.7 Å². The van der Waals surface area contributed by atoms with Crippen LogP contribution in [0.5, 0.6) is 0 Å². The zero-order chi connectivity index (χ0) is 6.97. The first-order valence-corrected chi connectivity index (χ1v) is 3.45. The molecule has 2 rings (SSSR count). The molecule has 0 aromatic carbocycles. The van der Waals surface area contributed by atoms with E-state index in [-0.39, 0.29) is 0 Å². The molecule has 1 fully saturated rings. The van der Waals surface area contributed by atoms with Gasteiger partial charge in [-0.05, 0) is 6.92 Å². The van der Waals surface area contributed by atoms with Gasteiger partial charge in [0.05, 0.1) is 17.9 Å². The number of rotatable bonds is 1. The quantitative estimate of drug-likeness (QED) is 0.581. The summed E-state index contributed by atoms with van der Waals surface area (Å²) in [5.41, 5.74) is 1.14. The van der Waals surface area contributed by atoms with E-state index in [0.29, 0.717) is 6.04 Å². The van der Waals surface area contributed by atoms with Gasteiger partial charge >= 0.3 is 0 Å². The molecule has 0 aliphatic carbocycles. The molecule has 4 heteroatoms. The standard InChI is InChI=1S/C6H10N4/c1-5-2-8-9-10(5)6-3-7-4-6/h2,6-7H,3-4H2,1H3. The maximum absolute atomic E-state index is 3.96. The molecule has 1 aliphatic rings. The second kappa shape index (κ2) is 2.05. The highest BCUT2D eigenvalue weighted by atomic mass is 15.5. The van der Waals surface area contributed by atoms with Crippen LogP contribution in [-0.4, -0.2) is 28.1 Å². The molecule has 1 aromatic rings. The minimum Gasteiger partial charge on any atom is -0.312 e. The highest BCUT2D eigenvalue weighted by molar-refractivity contribution is 4.94. The third kappa shape index (κ3) is 0.724. The van der Waals surface area contributed by atoms with Crippen molar-refractivity contribution in [3.8, 4) is 0 Å². The lowest BCUT2D eigenvalue weighted by molar-refractivity contribution is 0.308. The van der Waals surface area contributed by atoms with Gasteiger partial charge in [0, 0.05) is 13.1 Å². The molecule has 1 N–H and O–H groups in total. The van der Waals surface area contributed by atoms with E-state index in [0.717, 1.165) is 18.8 Å². The molecule has 0 spiro atoms. The Balaban J connectivity index is 2.23. The summed E-state index contributed by atoms with van der Waals surface area (Å²) in [6.45, 7) is 4.09. The maximum Gasteiger partial charge on any atom is 0.0788 e. The number of aromatic nitrogens is 3. The molecule has 0 atom stereocenters. The van der Waals surface area contributed by atoms with Crippen LogP contribution < -0.4 is 5.32 Å². The van der Waals surface area contributed by atoms with E-state index in [9.17, 15) is 0 Å². The molecule has 0 bridgehead atoms. The van der Waals surface area contributed by atoms with Crippen molar-refractivity contribution in [3.05, 3.63) is 11.9 Å². The first-order chi connectivity index (χ1) is 4.88. The predicted octanol–water partition coefficient (Wildman–Crippen LogP) is -0.269.